The van der Waals surface area contributed by atoms with E-state index in [4.69, 9.17) is 6.57 Å². The Morgan fingerprint density at radius 3 is 2.92 bits per heavy atom. The number of rotatable bonds is 2. The average Bonchev–Trinajstić information content (AvgIpc) is 2.05. The summed E-state index contributed by atoms with van der Waals surface area (Å²) >= 11 is 0. The SMILES string of the molecule is [C-]#[N+]CC(C)c1cccc(F)c1. The fourth-order valence-corrected chi connectivity index (χ4v) is 1.06. The van der Waals surface area contributed by atoms with Gasteiger partial charge in [-0.05, 0) is 17.7 Å². The minimum atomic E-state index is -0.232. The van der Waals surface area contributed by atoms with Crippen LogP contribution < -0.4 is 0 Å². The van der Waals surface area contributed by atoms with Crippen LogP contribution >= 0.6 is 0 Å². The van der Waals surface area contributed by atoms with Crippen molar-refractivity contribution in [2.24, 2.45) is 0 Å². The topological polar surface area (TPSA) is 4.36 Å². The minimum Gasteiger partial charge on any atom is -0.316 e. The number of hydrogen-bond acceptors (Lipinski definition) is 0. The summed E-state index contributed by atoms with van der Waals surface area (Å²) in [6.07, 6.45) is 0. The number of benzene rings is 1. The highest BCUT2D eigenvalue weighted by Gasteiger charge is 2.07. The largest absolute Gasteiger partial charge is 0.316 e. The Balaban J connectivity index is 2.82. The molecule has 1 aromatic rings. The standard InChI is InChI=1S/C10H10FN/c1-8(7-12-2)9-4-3-5-10(11)6-9/h3-6,8H,7H2,1H3. The highest BCUT2D eigenvalue weighted by atomic mass is 19.1. The lowest BCUT2D eigenvalue weighted by Gasteiger charge is -2.03. The van der Waals surface area contributed by atoms with Crippen LogP contribution in [0.2, 0.25) is 0 Å². The van der Waals surface area contributed by atoms with E-state index in [0.717, 1.165) is 5.56 Å². The molecule has 0 aromatic heterocycles. The Hall–Kier alpha value is -1.36. The number of hydrogen-bond donors (Lipinski definition) is 0. The summed E-state index contributed by atoms with van der Waals surface area (Å²) in [4.78, 5) is 3.27. The fourth-order valence-electron chi connectivity index (χ4n) is 1.06. The quantitative estimate of drug-likeness (QED) is 0.590. The third-order valence-electron chi connectivity index (χ3n) is 1.78. The molecule has 62 valence electrons. The van der Waals surface area contributed by atoms with Crippen molar-refractivity contribution in [2.75, 3.05) is 6.54 Å². The van der Waals surface area contributed by atoms with Gasteiger partial charge in [-0.1, -0.05) is 19.1 Å². The molecule has 2 heteroatoms. The summed E-state index contributed by atoms with van der Waals surface area (Å²) in [5, 5.41) is 0. The molecule has 0 N–H and O–H groups in total. The van der Waals surface area contributed by atoms with Crippen molar-refractivity contribution < 1.29 is 4.39 Å². The van der Waals surface area contributed by atoms with Gasteiger partial charge in [0.2, 0.25) is 6.54 Å². The summed E-state index contributed by atoms with van der Waals surface area (Å²) in [6.45, 7) is 9.01. The summed E-state index contributed by atoms with van der Waals surface area (Å²) in [7, 11) is 0. The maximum absolute atomic E-state index is 12.7. The van der Waals surface area contributed by atoms with Crippen LogP contribution in [0.5, 0.6) is 0 Å². The van der Waals surface area contributed by atoms with E-state index < -0.39 is 0 Å². The zero-order chi connectivity index (χ0) is 8.97. The summed E-state index contributed by atoms with van der Waals surface area (Å²) in [6, 6.07) is 6.41. The third-order valence-corrected chi connectivity index (χ3v) is 1.78. The van der Waals surface area contributed by atoms with Crippen molar-refractivity contribution >= 4 is 0 Å². The van der Waals surface area contributed by atoms with E-state index in [-0.39, 0.29) is 11.7 Å². The molecule has 0 spiro atoms. The molecule has 0 saturated carbocycles. The van der Waals surface area contributed by atoms with E-state index in [2.05, 4.69) is 4.85 Å². The lowest BCUT2D eigenvalue weighted by Crippen LogP contribution is -1.96. The Bertz CT molecular complexity index is 301. The van der Waals surface area contributed by atoms with Gasteiger partial charge in [0.1, 0.15) is 5.82 Å². The van der Waals surface area contributed by atoms with Crippen LogP contribution in [-0.4, -0.2) is 6.54 Å². The van der Waals surface area contributed by atoms with Gasteiger partial charge < -0.3 is 4.85 Å². The molecule has 0 fully saturated rings. The second-order valence-electron chi connectivity index (χ2n) is 2.80. The first-order chi connectivity index (χ1) is 5.74. The Morgan fingerprint density at radius 1 is 1.58 bits per heavy atom. The van der Waals surface area contributed by atoms with Crippen LogP contribution in [0.4, 0.5) is 4.39 Å². The lowest BCUT2D eigenvalue weighted by atomic mass is 10.0. The van der Waals surface area contributed by atoms with Crippen molar-refractivity contribution in [1.82, 2.24) is 0 Å². The zero-order valence-electron chi connectivity index (χ0n) is 6.92. The van der Waals surface area contributed by atoms with Gasteiger partial charge in [0.05, 0.1) is 5.92 Å². The van der Waals surface area contributed by atoms with Crippen LogP contribution in [0, 0.1) is 12.4 Å². The van der Waals surface area contributed by atoms with Gasteiger partial charge in [-0.25, -0.2) is 11.0 Å². The first kappa shape index (κ1) is 8.73. The van der Waals surface area contributed by atoms with Gasteiger partial charge in [0.25, 0.3) is 0 Å². The highest BCUT2D eigenvalue weighted by Crippen LogP contribution is 2.15. The Morgan fingerprint density at radius 2 is 2.33 bits per heavy atom. The second kappa shape index (κ2) is 3.87. The van der Waals surface area contributed by atoms with Gasteiger partial charge in [0.15, 0.2) is 0 Å². The maximum atomic E-state index is 12.7. The molecular formula is C10H10FN. The van der Waals surface area contributed by atoms with E-state index in [9.17, 15) is 4.39 Å². The first-order valence-corrected chi connectivity index (χ1v) is 3.82. The summed E-state index contributed by atoms with van der Waals surface area (Å²) < 4.78 is 12.7. The summed E-state index contributed by atoms with van der Waals surface area (Å²) in [5.41, 5.74) is 0.894. The Kier molecular flexibility index (Phi) is 2.82. The molecule has 1 aromatic carbocycles. The average molecular weight is 163 g/mol. The highest BCUT2D eigenvalue weighted by molar-refractivity contribution is 5.20. The molecule has 12 heavy (non-hydrogen) atoms. The first-order valence-electron chi connectivity index (χ1n) is 3.82. The number of halogens is 1. The molecule has 0 heterocycles. The van der Waals surface area contributed by atoms with Crippen LogP contribution in [0.15, 0.2) is 24.3 Å². The molecule has 1 nitrogen and oxygen atoms in total. The van der Waals surface area contributed by atoms with E-state index in [1.165, 1.54) is 12.1 Å². The molecule has 0 radical (unpaired) electrons. The van der Waals surface area contributed by atoms with E-state index in [1.54, 1.807) is 6.07 Å². The molecule has 0 saturated heterocycles. The van der Waals surface area contributed by atoms with E-state index in [0.29, 0.717) is 6.54 Å². The van der Waals surface area contributed by atoms with Gasteiger partial charge >= 0.3 is 0 Å². The predicted octanol–water partition coefficient (Wildman–Crippen LogP) is 2.85. The molecular weight excluding hydrogens is 153 g/mol. The van der Waals surface area contributed by atoms with E-state index >= 15 is 0 Å². The molecule has 0 aliphatic carbocycles. The number of nitrogens with zero attached hydrogens (tertiary/aromatic N) is 1. The van der Waals surface area contributed by atoms with Gasteiger partial charge in [0, 0.05) is 0 Å². The molecule has 0 bridgehead atoms. The molecule has 0 aliphatic heterocycles. The van der Waals surface area contributed by atoms with Crippen molar-refractivity contribution in [1.29, 1.82) is 0 Å². The molecule has 1 rings (SSSR count). The van der Waals surface area contributed by atoms with Crippen LogP contribution in [0.3, 0.4) is 0 Å². The van der Waals surface area contributed by atoms with Crippen molar-refractivity contribution in [3.05, 3.63) is 47.1 Å². The smallest absolute Gasteiger partial charge is 0.221 e. The van der Waals surface area contributed by atoms with Crippen LogP contribution in [-0.2, 0) is 0 Å². The van der Waals surface area contributed by atoms with Gasteiger partial charge in [-0.2, -0.15) is 0 Å². The van der Waals surface area contributed by atoms with Crippen molar-refractivity contribution in [3.63, 3.8) is 0 Å². The van der Waals surface area contributed by atoms with Crippen molar-refractivity contribution in [3.8, 4) is 0 Å². The molecule has 1 atom stereocenters. The second-order valence-corrected chi connectivity index (χ2v) is 2.80. The van der Waals surface area contributed by atoms with Crippen molar-refractivity contribution in [2.45, 2.75) is 12.8 Å². The predicted molar refractivity (Wildman–Crippen MR) is 46.3 cm³/mol. The lowest BCUT2D eigenvalue weighted by molar-refractivity contribution is 0.623. The van der Waals surface area contributed by atoms with Gasteiger partial charge in [-0.15, -0.1) is 0 Å². The third kappa shape index (κ3) is 2.06. The maximum Gasteiger partial charge on any atom is 0.221 e. The van der Waals surface area contributed by atoms with Crippen LogP contribution in [0.1, 0.15) is 18.4 Å². The van der Waals surface area contributed by atoms with Gasteiger partial charge in [-0.3, -0.25) is 0 Å². The minimum absolute atomic E-state index is 0.123. The monoisotopic (exact) mass is 163 g/mol. The zero-order valence-corrected chi connectivity index (χ0v) is 6.92. The molecule has 1 unspecified atom stereocenters. The molecule has 0 amide bonds. The molecule has 0 aliphatic rings. The fraction of sp³-hybridized carbons (Fsp3) is 0.300. The Labute approximate surface area is 71.7 Å². The van der Waals surface area contributed by atoms with E-state index in [1.807, 2.05) is 13.0 Å². The summed E-state index contributed by atoms with van der Waals surface area (Å²) in [5.74, 6) is -0.109. The normalized spacial score (nSPS) is 12.1. The van der Waals surface area contributed by atoms with Crippen LogP contribution in [0.25, 0.3) is 4.85 Å².